The topological polar surface area (TPSA) is 68.3 Å². The molecule has 116 valence electrons. The molecule has 0 aliphatic heterocycles. The average Bonchev–Trinajstić information content (AvgIpc) is 3.00. The smallest absolute Gasteiger partial charge is 0.338 e. The fourth-order valence-corrected chi connectivity index (χ4v) is 2.87. The summed E-state index contributed by atoms with van der Waals surface area (Å²) in [6, 6.07) is 11.8. The normalized spacial score (nSPS) is 10.5. The van der Waals surface area contributed by atoms with E-state index in [4.69, 9.17) is 16.3 Å². The fraction of sp³-hybridized carbons (Fsp3) is 0.0625. The van der Waals surface area contributed by atoms with Crippen molar-refractivity contribution >= 4 is 50.7 Å². The molecule has 0 spiro atoms. The molecular weight excluding hydrogens is 336 g/mol. The maximum Gasteiger partial charge on any atom is 0.338 e. The van der Waals surface area contributed by atoms with E-state index in [0.29, 0.717) is 16.3 Å². The van der Waals surface area contributed by atoms with Crippen LogP contribution in [0.2, 0.25) is 5.02 Å². The summed E-state index contributed by atoms with van der Waals surface area (Å²) in [7, 11) is 0. The Balaban J connectivity index is 1.58. The monoisotopic (exact) mass is 346 g/mol. The molecule has 23 heavy (non-hydrogen) atoms. The number of ether oxygens (including phenoxy) is 1. The average molecular weight is 347 g/mol. The molecule has 1 N–H and O–H groups in total. The maximum atomic E-state index is 12.0. The molecule has 0 fully saturated rings. The zero-order chi connectivity index (χ0) is 16.2. The highest BCUT2D eigenvalue weighted by atomic mass is 35.5. The Morgan fingerprint density at radius 3 is 2.91 bits per heavy atom. The van der Waals surface area contributed by atoms with Crippen LogP contribution in [0.15, 0.2) is 48.0 Å². The van der Waals surface area contributed by atoms with Crippen molar-refractivity contribution in [2.75, 3.05) is 11.9 Å². The van der Waals surface area contributed by atoms with E-state index in [1.165, 1.54) is 11.3 Å². The molecule has 1 aromatic heterocycles. The molecule has 0 bridgehead atoms. The van der Waals surface area contributed by atoms with Crippen molar-refractivity contribution in [1.29, 1.82) is 0 Å². The van der Waals surface area contributed by atoms with E-state index >= 15 is 0 Å². The Labute approximate surface area is 140 Å². The first-order valence-electron chi connectivity index (χ1n) is 6.67. The van der Waals surface area contributed by atoms with Crippen molar-refractivity contribution in [3.8, 4) is 0 Å². The van der Waals surface area contributed by atoms with Gasteiger partial charge in [0.25, 0.3) is 5.91 Å². The van der Waals surface area contributed by atoms with Crippen molar-refractivity contribution in [3.05, 3.63) is 58.6 Å². The second-order valence-corrected chi connectivity index (χ2v) is 5.99. The summed E-state index contributed by atoms with van der Waals surface area (Å²) in [4.78, 5) is 27.9. The predicted octanol–water partition coefficient (Wildman–Crippen LogP) is 3.75. The van der Waals surface area contributed by atoms with Gasteiger partial charge in [-0.1, -0.05) is 17.7 Å². The molecule has 0 unspecified atom stereocenters. The highest BCUT2D eigenvalue weighted by Gasteiger charge is 2.11. The predicted molar refractivity (Wildman–Crippen MR) is 90.0 cm³/mol. The minimum atomic E-state index is -0.554. The van der Waals surface area contributed by atoms with Gasteiger partial charge in [-0.2, -0.15) is 0 Å². The summed E-state index contributed by atoms with van der Waals surface area (Å²) >= 11 is 7.27. The molecule has 1 amide bonds. The lowest BCUT2D eigenvalue weighted by Crippen LogP contribution is -2.20. The van der Waals surface area contributed by atoms with Gasteiger partial charge in [-0.25, -0.2) is 9.78 Å². The summed E-state index contributed by atoms with van der Waals surface area (Å²) in [5, 5.41) is 3.12. The summed E-state index contributed by atoms with van der Waals surface area (Å²) < 4.78 is 5.91. The number of halogens is 1. The molecule has 0 aliphatic carbocycles. The van der Waals surface area contributed by atoms with Crippen LogP contribution in [0.1, 0.15) is 10.4 Å². The number of rotatable bonds is 4. The van der Waals surface area contributed by atoms with Crippen molar-refractivity contribution in [2.24, 2.45) is 0 Å². The molecule has 0 saturated carbocycles. The van der Waals surface area contributed by atoms with Crippen LogP contribution in [0.5, 0.6) is 0 Å². The number of carbonyl (C=O) groups is 2. The summed E-state index contributed by atoms with van der Waals surface area (Å²) in [6.07, 6.45) is 0. The van der Waals surface area contributed by atoms with Gasteiger partial charge in [0.1, 0.15) is 0 Å². The van der Waals surface area contributed by atoms with Gasteiger partial charge >= 0.3 is 5.97 Å². The van der Waals surface area contributed by atoms with Gasteiger partial charge in [0.15, 0.2) is 6.61 Å². The van der Waals surface area contributed by atoms with E-state index in [-0.39, 0.29) is 6.61 Å². The van der Waals surface area contributed by atoms with Crippen molar-refractivity contribution < 1.29 is 14.3 Å². The summed E-state index contributed by atoms with van der Waals surface area (Å²) in [5.74, 6) is -0.985. The first kappa shape index (κ1) is 15.5. The number of carbonyl (C=O) groups excluding carboxylic acids is 2. The van der Waals surface area contributed by atoms with Crippen LogP contribution in [-0.4, -0.2) is 23.5 Å². The second-order valence-electron chi connectivity index (χ2n) is 4.67. The van der Waals surface area contributed by atoms with Crippen LogP contribution in [0.25, 0.3) is 10.2 Å². The Hall–Kier alpha value is -2.44. The van der Waals surface area contributed by atoms with Crippen LogP contribution in [0.3, 0.4) is 0 Å². The van der Waals surface area contributed by atoms with Gasteiger partial charge in [0.05, 0.1) is 21.3 Å². The zero-order valence-corrected chi connectivity index (χ0v) is 13.4. The number of nitrogens with one attached hydrogen (secondary N) is 1. The Morgan fingerprint density at radius 2 is 2.09 bits per heavy atom. The number of amides is 1. The lowest BCUT2D eigenvalue weighted by molar-refractivity contribution is -0.119. The first-order chi connectivity index (χ1) is 11.1. The highest BCUT2D eigenvalue weighted by Crippen LogP contribution is 2.19. The van der Waals surface area contributed by atoms with Crippen molar-refractivity contribution in [2.45, 2.75) is 0 Å². The first-order valence-corrected chi connectivity index (χ1v) is 7.93. The SMILES string of the molecule is O=C(COC(=O)c1ccc2ncsc2c1)Nc1cccc(Cl)c1. The van der Waals surface area contributed by atoms with Gasteiger partial charge in [-0.15, -0.1) is 11.3 Å². The lowest BCUT2D eigenvalue weighted by Gasteiger charge is -2.07. The van der Waals surface area contributed by atoms with Crippen LogP contribution in [0, 0.1) is 0 Å². The fourth-order valence-electron chi connectivity index (χ4n) is 1.96. The van der Waals surface area contributed by atoms with Crippen molar-refractivity contribution in [3.63, 3.8) is 0 Å². The highest BCUT2D eigenvalue weighted by molar-refractivity contribution is 7.16. The van der Waals surface area contributed by atoms with E-state index < -0.39 is 11.9 Å². The maximum absolute atomic E-state index is 12.0. The van der Waals surface area contributed by atoms with Gasteiger partial charge in [0, 0.05) is 10.7 Å². The molecule has 7 heteroatoms. The van der Waals surface area contributed by atoms with Crippen molar-refractivity contribution in [1.82, 2.24) is 4.98 Å². The number of fused-ring (bicyclic) bond motifs is 1. The van der Waals surface area contributed by atoms with Crippen LogP contribution >= 0.6 is 22.9 Å². The van der Waals surface area contributed by atoms with E-state index in [2.05, 4.69) is 10.3 Å². The molecule has 0 saturated heterocycles. The Bertz CT molecular complexity index is 878. The minimum Gasteiger partial charge on any atom is -0.452 e. The number of esters is 1. The van der Waals surface area contributed by atoms with Crippen LogP contribution in [0.4, 0.5) is 5.69 Å². The number of nitrogens with zero attached hydrogens (tertiary/aromatic N) is 1. The number of hydrogen-bond acceptors (Lipinski definition) is 5. The van der Waals surface area contributed by atoms with Gasteiger partial charge in [0.2, 0.25) is 0 Å². The standard InChI is InChI=1S/C16H11ClN2O3S/c17-11-2-1-3-12(7-11)19-15(20)8-22-16(21)10-4-5-13-14(6-10)23-9-18-13/h1-7,9H,8H2,(H,19,20). The molecule has 0 atom stereocenters. The molecule has 0 radical (unpaired) electrons. The molecule has 0 aliphatic rings. The molecule has 1 heterocycles. The number of thiazole rings is 1. The quantitative estimate of drug-likeness (QED) is 0.730. The lowest BCUT2D eigenvalue weighted by atomic mass is 10.2. The summed E-state index contributed by atoms with van der Waals surface area (Å²) in [6.45, 7) is -0.369. The number of aromatic nitrogens is 1. The van der Waals surface area contributed by atoms with E-state index in [9.17, 15) is 9.59 Å². The third-order valence-corrected chi connectivity index (χ3v) is 4.04. The largest absolute Gasteiger partial charge is 0.452 e. The zero-order valence-electron chi connectivity index (χ0n) is 11.8. The van der Waals surface area contributed by atoms with Gasteiger partial charge < -0.3 is 10.1 Å². The molecule has 3 rings (SSSR count). The number of anilines is 1. The third-order valence-electron chi connectivity index (χ3n) is 3.01. The van der Waals surface area contributed by atoms with E-state index in [1.54, 1.807) is 48.0 Å². The minimum absolute atomic E-state index is 0.369. The van der Waals surface area contributed by atoms with Gasteiger partial charge in [-0.05, 0) is 36.4 Å². The molecule has 3 aromatic rings. The van der Waals surface area contributed by atoms with E-state index in [0.717, 1.165) is 10.2 Å². The van der Waals surface area contributed by atoms with Crippen LogP contribution < -0.4 is 5.32 Å². The Kier molecular flexibility index (Phi) is 4.55. The number of hydrogen-bond donors (Lipinski definition) is 1. The third kappa shape index (κ3) is 3.85. The van der Waals surface area contributed by atoms with Gasteiger partial charge in [-0.3, -0.25) is 4.79 Å². The molecular formula is C16H11ClN2O3S. The Morgan fingerprint density at radius 1 is 1.22 bits per heavy atom. The van der Waals surface area contributed by atoms with Crippen LogP contribution in [-0.2, 0) is 9.53 Å². The summed E-state index contributed by atoms with van der Waals surface area (Å²) in [5.41, 5.74) is 3.46. The van der Waals surface area contributed by atoms with E-state index in [1.807, 2.05) is 0 Å². The second kappa shape index (κ2) is 6.76. The molecule has 2 aromatic carbocycles. The molecule has 5 nitrogen and oxygen atoms in total. The number of benzene rings is 2.